The summed E-state index contributed by atoms with van der Waals surface area (Å²) in [5, 5.41) is 13.5. The van der Waals surface area contributed by atoms with Crippen LogP contribution >= 0.6 is 34.7 Å². The molecule has 0 unspecified atom stereocenters. The van der Waals surface area contributed by atoms with Crippen LogP contribution in [0, 0.1) is 0 Å². The van der Waals surface area contributed by atoms with Gasteiger partial charge in [-0.25, -0.2) is 0 Å². The number of carbonyl (C=O) groups excluding carboxylic acids is 1. The maximum atomic E-state index is 13.1. The van der Waals surface area contributed by atoms with E-state index < -0.39 is 23.3 Å². The summed E-state index contributed by atoms with van der Waals surface area (Å²) in [5.41, 5.74) is -0.720. The lowest BCUT2D eigenvalue weighted by molar-refractivity contribution is -0.137. The summed E-state index contributed by atoms with van der Waals surface area (Å²) < 4.78 is 45.0. The molecule has 12 heteroatoms. The van der Waals surface area contributed by atoms with Crippen molar-refractivity contribution in [1.82, 2.24) is 10.2 Å². The molecule has 0 radical (unpaired) electrons. The second-order valence-corrected chi connectivity index (χ2v) is 8.33. The fourth-order valence-corrected chi connectivity index (χ4v) is 4.13. The highest BCUT2D eigenvalue weighted by Gasteiger charge is 2.34. The van der Waals surface area contributed by atoms with E-state index in [9.17, 15) is 18.0 Å². The number of nitrogens with zero attached hydrogens (tertiary/aromatic N) is 2. The van der Waals surface area contributed by atoms with Crippen molar-refractivity contribution < 1.29 is 22.7 Å². The number of hydrogen-bond acceptors (Lipinski definition) is 7. The summed E-state index contributed by atoms with van der Waals surface area (Å²) in [7, 11) is 1.56. The lowest BCUT2D eigenvalue weighted by atomic mass is 10.1. The number of hydrogen-bond donors (Lipinski definition) is 2. The van der Waals surface area contributed by atoms with Gasteiger partial charge in [0.1, 0.15) is 5.75 Å². The number of aromatic nitrogens is 2. The van der Waals surface area contributed by atoms with Crippen LogP contribution < -0.4 is 15.4 Å². The molecular weight excluding hydrogens is 461 g/mol. The van der Waals surface area contributed by atoms with Crippen LogP contribution in [0.25, 0.3) is 0 Å². The van der Waals surface area contributed by atoms with E-state index in [2.05, 4.69) is 20.8 Å². The number of rotatable bonds is 7. The Hall–Kier alpha value is -2.50. The van der Waals surface area contributed by atoms with Crippen LogP contribution in [0.4, 0.5) is 29.7 Å². The minimum absolute atomic E-state index is 0.156. The highest BCUT2D eigenvalue weighted by atomic mass is 35.5. The Morgan fingerprint density at radius 2 is 2.00 bits per heavy atom. The third-order valence-corrected chi connectivity index (χ3v) is 5.92. The van der Waals surface area contributed by atoms with Gasteiger partial charge in [0.05, 0.1) is 29.1 Å². The molecule has 6 nitrogen and oxygen atoms in total. The molecule has 0 fully saturated rings. The highest BCUT2D eigenvalue weighted by Crippen LogP contribution is 2.38. The van der Waals surface area contributed by atoms with Crippen molar-refractivity contribution in [2.24, 2.45) is 0 Å². The summed E-state index contributed by atoms with van der Waals surface area (Å²) in [6, 6.07) is 10.5. The van der Waals surface area contributed by atoms with Gasteiger partial charge in [-0.05, 0) is 24.3 Å². The summed E-state index contributed by atoms with van der Waals surface area (Å²) in [4.78, 5) is 12.2. The van der Waals surface area contributed by atoms with Crippen LogP contribution in [0.1, 0.15) is 5.56 Å². The molecule has 3 aromatic rings. The zero-order valence-corrected chi connectivity index (χ0v) is 17.7. The van der Waals surface area contributed by atoms with Crippen molar-refractivity contribution in [3.05, 3.63) is 53.1 Å². The van der Waals surface area contributed by atoms with Crippen molar-refractivity contribution >= 4 is 57.1 Å². The van der Waals surface area contributed by atoms with Gasteiger partial charge < -0.3 is 15.4 Å². The van der Waals surface area contributed by atoms with Gasteiger partial charge in [0, 0.05) is 11.8 Å². The Kier molecular flexibility index (Phi) is 7.06. The number of benzene rings is 2. The molecule has 1 heterocycles. The Labute approximate surface area is 182 Å². The first-order chi connectivity index (χ1) is 14.3. The lowest BCUT2D eigenvalue weighted by Gasteiger charge is -2.14. The number of thioether (sulfide) groups is 1. The standard InChI is InChI=1S/C18H14ClF3N4O2S2/c1-28-11-5-2-4-10(8-11)23-16-25-26-17(30-16)29-9-14(27)24-15-12(18(20,21)22)6-3-7-13(15)19/h2-8H,9H2,1H3,(H,23,25)(H,24,27). The molecule has 0 aliphatic carbocycles. The van der Waals surface area contributed by atoms with Gasteiger partial charge in [0.25, 0.3) is 0 Å². The number of carbonyl (C=O) groups is 1. The molecule has 2 aromatic carbocycles. The third-order valence-electron chi connectivity index (χ3n) is 3.64. The average Bonchev–Trinajstić information content (AvgIpc) is 3.14. The van der Waals surface area contributed by atoms with Crippen LogP contribution in [-0.2, 0) is 11.0 Å². The predicted molar refractivity (Wildman–Crippen MR) is 112 cm³/mol. The van der Waals surface area contributed by atoms with Crippen molar-refractivity contribution in [2.75, 3.05) is 23.5 Å². The van der Waals surface area contributed by atoms with Gasteiger partial charge in [-0.3, -0.25) is 4.79 Å². The molecule has 2 N–H and O–H groups in total. The summed E-state index contributed by atoms with van der Waals surface area (Å²) in [5.74, 6) is -0.124. The molecule has 1 amide bonds. The maximum Gasteiger partial charge on any atom is 0.418 e. The van der Waals surface area contributed by atoms with Gasteiger partial charge >= 0.3 is 6.18 Å². The SMILES string of the molecule is COc1cccc(Nc2nnc(SCC(=O)Nc3c(Cl)cccc3C(F)(F)F)s2)c1. The number of anilines is 3. The minimum atomic E-state index is -4.64. The average molecular weight is 475 g/mol. The van der Waals surface area contributed by atoms with E-state index in [0.717, 1.165) is 23.5 Å². The second kappa shape index (κ2) is 9.54. The second-order valence-electron chi connectivity index (χ2n) is 5.73. The van der Waals surface area contributed by atoms with Gasteiger partial charge in [0.15, 0.2) is 4.34 Å². The normalized spacial score (nSPS) is 11.2. The summed E-state index contributed by atoms with van der Waals surface area (Å²) >= 11 is 8.09. The Morgan fingerprint density at radius 1 is 1.23 bits per heavy atom. The fourth-order valence-electron chi connectivity index (χ4n) is 2.33. The number of alkyl halides is 3. The van der Waals surface area contributed by atoms with Crippen LogP contribution in [0.2, 0.25) is 5.02 Å². The number of para-hydroxylation sites is 1. The van der Waals surface area contributed by atoms with Gasteiger partial charge in [-0.1, -0.05) is 46.8 Å². The lowest BCUT2D eigenvalue weighted by Crippen LogP contribution is -2.18. The molecule has 158 valence electrons. The van der Waals surface area contributed by atoms with E-state index in [-0.39, 0.29) is 10.8 Å². The molecule has 0 spiro atoms. The van der Waals surface area contributed by atoms with Crippen LogP contribution in [0.15, 0.2) is 46.8 Å². The number of halogens is 4. The van der Waals surface area contributed by atoms with E-state index in [1.807, 2.05) is 12.1 Å². The third kappa shape index (κ3) is 5.77. The van der Waals surface area contributed by atoms with E-state index in [4.69, 9.17) is 16.3 Å². The number of nitrogens with one attached hydrogen (secondary N) is 2. The molecule has 3 rings (SSSR count). The topological polar surface area (TPSA) is 76.1 Å². The smallest absolute Gasteiger partial charge is 0.418 e. The summed E-state index contributed by atoms with van der Waals surface area (Å²) in [6.45, 7) is 0. The molecule has 0 aliphatic heterocycles. The first-order valence-corrected chi connectivity index (χ1v) is 10.5. The molecule has 0 atom stereocenters. The van der Waals surface area contributed by atoms with Crippen molar-refractivity contribution in [3.63, 3.8) is 0 Å². The molecule has 0 bridgehead atoms. The Balaban J connectivity index is 1.60. The first-order valence-electron chi connectivity index (χ1n) is 8.29. The van der Waals surface area contributed by atoms with E-state index in [1.165, 1.54) is 23.5 Å². The summed E-state index contributed by atoms with van der Waals surface area (Å²) in [6.07, 6.45) is -4.64. The van der Waals surface area contributed by atoms with E-state index >= 15 is 0 Å². The van der Waals surface area contributed by atoms with Gasteiger partial charge in [0.2, 0.25) is 11.0 Å². The number of methoxy groups -OCH3 is 1. The zero-order valence-electron chi connectivity index (χ0n) is 15.3. The molecule has 0 saturated heterocycles. The Morgan fingerprint density at radius 3 is 2.73 bits per heavy atom. The Bertz CT molecular complexity index is 1050. The molecule has 0 aliphatic rings. The van der Waals surface area contributed by atoms with E-state index in [0.29, 0.717) is 15.2 Å². The first kappa shape index (κ1) is 22.2. The fraction of sp³-hybridized carbons (Fsp3) is 0.167. The molecule has 30 heavy (non-hydrogen) atoms. The van der Waals surface area contributed by atoms with Gasteiger partial charge in [-0.15, -0.1) is 10.2 Å². The predicted octanol–water partition coefficient (Wildman–Crippen LogP) is 5.69. The molecule has 0 saturated carbocycles. The number of ether oxygens (including phenoxy) is 1. The van der Waals surface area contributed by atoms with Crippen molar-refractivity contribution in [3.8, 4) is 5.75 Å². The minimum Gasteiger partial charge on any atom is -0.497 e. The quantitative estimate of drug-likeness (QED) is 0.428. The highest BCUT2D eigenvalue weighted by molar-refractivity contribution is 8.01. The van der Waals surface area contributed by atoms with Crippen molar-refractivity contribution in [1.29, 1.82) is 0 Å². The van der Waals surface area contributed by atoms with Crippen LogP contribution in [0.5, 0.6) is 5.75 Å². The van der Waals surface area contributed by atoms with Crippen molar-refractivity contribution in [2.45, 2.75) is 10.5 Å². The maximum absolute atomic E-state index is 13.1. The molecule has 1 aromatic heterocycles. The van der Waals surface area contributed by atoms with Gasteiger partial charge in [-0.2, -0.15) is 13.2 Å². The van der Waals surface area contributed by atoms with Crippen LogP contribution in [0.3, 0.4) is 0 Å². The molecular formula is C18H14ClF3N4O2S2. The largest absolute Gasteiger partial charge is 0.497 e. The van der Waals surface area contributed by atoms with Crippen LogP contribution in [-0.4, -0.2) is 29.0 Å². The number of amides is 1. The monoisotopic (exact) mass is 474 g/mol. The zero-order chi connectivity index (χ0) is 21.7. The van der Waals surface area contributed by atoms with E-state index in [1.54, 1.807) is 19.2 Å².